The third-order valence-electron chi connectivity index (χ3n) is 6.30. The average Bonchev–Trinajstić information content (AvgIpc) is 3.51. The fraction of sp³-hybridized carbons (Fsp3) is 0.231. The highest BCUT2D eigenvalue weighted by Crippen LogP contribution is 2.40. The second-order valence-corrected chi connectivity index (χ2v) is 9.25. The molecule has 0 unspecified atom stereocenters. The minimum Gasteiger partial charge on any atom is -0.394 e. The van der Waals surface area contributed by atoms with E-state index in [0.29, 0.717) is 12.4 Å². The minimum absolute atomic E-state index is 0.0848. The third kappa shape index (κ3) is 3.74. The normalized spacial score (nSPS) is 15.4. The summed E-state index contributed by atoms with van der Waals surface area (Å²) in [6.07, 6.45) is 6.72. The van der Waals surface area contributed by atoms with Crippen LogP contribution in [0.5, 0.6) is 0 Å². The first kappa shape index (κ1) is 20.9. The van der Waals surface area contributed by atoms with Crippen LogP contribution in [0, 0.1) is 0 Å². The highest BCUT2D eigenvalue weighted by molar-refractivity contribution is 7.17. The Bertz CT molecular complexity index is 1430. The highest BCUT2D eigenvalue weighted by atomic mass is 32.1. The molecular weight excluding hydrogens is 444 g/mol. The lowest BCUT2D eigenvalue weighted by atomic mass is 9.92. The van der Waals surface area contributed by atoms with Crippen molar-refractivity contribution in [1.82, 2.24) is 24.7 Å². The number of hydrogen-bond acceptors (Lipinski definition) is 7. The van der Waals surface area contributed by atoms with E-state index in [1.807, 2.05) is 35.1 Å². The van der Waals surface area contributed by atoms with Gasteiger partial charge in [0.1, 0.15) is 16.3 Å². The molecule has 7 nitrogen and oxygen atoms in total. The van der Waals surface area contributed by atoms with E-state index in [1.165, 1.54) is 11.3 Å². The van der Waals surface area contributed by atoms with Crippen molar-refractivity contribution in [1.29, 1.82) is 0 Å². The van der Waals surface area contributed by atoms with Crippen molar-refractivity contribution in [2.24, 2.45) is 0 Å². The van der Waals surface area contributed by atoms with Gasteiger partial charge in [-0.2, -0.15) is 5.10 Å². The lowest BCUT2D eigenvalue weighted by Gasteiger charge is -2.25. The summed E-state index contributed by atoms with van der Waals surface area (Å²) in [6, 6.07) is 16.3. The molecule has 1 atom stereocenters. The molecule has 1 aliphatic rings. The molecule has 0 fully saturated rings. The zero-order valence-corrected chi connectivity index (χ0v) is 19.4. The van der Waals surface area contributed by atoms with E-state index >= 15 is 0 Å². The molecule has 0 bridgehead atoms. The Morgan fingerprint density at radius 1 is 1.09 bits per heavy atom. The van der Waals surface area contributed by atoms with Crippen LogP contribution in [0.2, 0.25) is 0 Å². The Balaban J connectivity index is 1.48. The number of benzene rings is 1. The minimum atomic E-state index is 0.0848. The molecule has 0 spiro atoms. The van der Waals surface area contributed by atoms with Crippen molar-refractivity contribution in [3.8, 4) is 22.6 Å². The van der Waals surface area contributed by atoms with Crippen molar-refractivity contribution in [3.63, 3.8) is 0 Å². The highest BCUT2D eigenvalue weighted by Gasteiger charge is 2.26. The van der Waals surface area contributed by atoms with E-state index < -0.39 is 0 Å². The van der Waals surface area contributed by atoms with Crippen molar-refractivity contribution in [2.45, 2.75) is 31.8 Å². The lowest BCUT2D eigenvalue weighted by Crippen LogP contribution is -2.20. The molecule has 0 aliphatic heterocycles. The van der Waals surface area contributed by atoms with Gasteiger partial charge >= 0.3 is 0 Å². The number of aromatic nitrogens is 5. The van der Waals surface area contributed by atoms with Crippen LogP contribution in [-0.2, 0) is 13.0 Å². The van der Waals surface area contributed by atoms with E-state index in [1.54, 1.807) is 17.5 Å². The summed E-state index contributed by atoms with van der Waals surface area (Å²) in [5.41, 5.74) is 5.40. The van der Waals surface area contributed by atoms with Crippen LogP contribution in [0.1, 0.15) is 30.1 Å². The molecule has 6 rings (SSSR count). The van der Waals surface area contributed by atoms with Crippen LogP contribution in [-0.4, -0.2) is 36.4 Å². The summed E-state index contributed by atoms with van der Waals surface area (Å²) in [4.78, 5) is 15.3. The summed E-state index contributed by atoms with van der Waals surface area (Å²) >= 11 is 1.63. The molecule has 4 aromatic heterocycles. The van der Waals surface area contributed by atoms with Gasteiger partial charge in [0.2, 0.25) is 0 Å². The number of aliphatic hydroxyl groups is 1. The standard InChI is InChI=1S/C26H24N6OS/c33-14-13-32-22-11-6-10-20(18(22)15-28-32)29-25-23-19(17-7-2-1-3-8-17)16-34-26(23)31-24(30-25)21-9-4-5-12-27-21/h1-5,7-9,12,15-16,20,33H,6,10-11,13-14H2,(H,29,30,31)/t20-/m1/s1. The molecular formula is C26H24N6OS. The van der Waals surface area contributed by atoms with Gasteiger partial charge in [-0.1, -0.05) is 36.4 Å². The largest absolute Gasteiger partial charge is 0.394 e. The number of anilines is 1. The molecule has 0 amide bonds. The fourth-order valence-corrected chi connectivity index (χ4v) is 5.65. The average molecular weight is 469 g/mol. The van der Waals surface area contributed by atoms with E-state index in [9.17, 15) is 5.11 Å². The quantitative estimate of drug-likeness (QED) is 0.360. The number of thiophene rings is 1. The summed E-state index contributed by atoms with van der Waals surface area (Å²) in [7, 11) is 0. The number of hydrogen-bond donors (Lipinski definition) is 2. The van der Waals surface area contributed by atoms with Crippen LogP contribution in [0.15, 0.2) is 66.3 Å². The molecule has 1 aliphatic carbocycles. The smallest absolute Gasteiger partial charge is 0.181 e. The number of nitrogens with zero attached hydrogens (tertiary/aromatic N) is 5. The molecule has 170 valence electrons. The SMILES string of the molecule is OCCn1ncc2c1CCC[C@H]2Nc1nc(-c2ccccn2)nc2scc(-c3ccccc3)c12. The molecule has 0 radical (unpaired) electrons. The maximum atomic E-state index is 9.41. The molecule has 0 saturated heterocycles. The van der Waals surface area contributed by atoms with E-state index in [4.69, 9.17) is 9.97 Å². The predicted octanol–water partition coefficient (Wildman–Crippen LogP) is 5.10. The van der Waals surface area contributed by atoms with Gasteiger partial charge < -0.3 is 10.4 Å². The van der Waals surface area contributed by atoms with Gasteiger partial charge in [0.05, 0.1) is 30.8 Å². The first-order chi connectivity index (χ1) is 16.8. The van der Waals surface area contributed by atoms with Crippen LogP contribution >= 0.6 is 11.3 Å². The lowest BCUT2D eigenvalue weighted by molar-refractivity contribution is 0.266. The number of rotatable bonds is 6. The number of pyridine rings is 1. The van der Waals surface area contributed by atoms with Crippen molar-refractivity contribution in [3.05, 3.63) is 77.6 Å². The molecule has 1 aromatic carbocycles. The van der Waals surface area contributed by atoms with Gasteiger partial charge in [0.25, 0.3) is 0 Å². The monoisotopic (exact) mass is 468 g/mol. The van der Waals surface area contributed by atoms with E-state index in [-0.39, 0.29) is 12.6 Å². The van der Waals surface area contributed by atoms with Gasteiger partial charge in [-0.05, 0) is 37.0 Å². The molecule has 2 N–H and O–H groups in total. The van der Waals surface area contributed by atoms with Crippen LogP contribution in [0.4, 0.5) is 5.82 Å². The molecule has 4 heterocycles. The molecule has 0 saturated carbocycles. The van der Waals surface area contributed by atoms with Crippen molar-refractivity contribution >= 4 is 27.4 Å². The Morgan fingerprint density at radius 2 is 1.97 bits per heavy atom. The van der Waals surface area contributed by atoms with Gasteiger partial charge in [-0.3, -0.25) is 9.67 Å². The second-order valence-electron chi connectivity index (χ2n) is 8.39. The van der Waals surface area contributed by atoms with Crippen molar-refractivity contribution in [2.75, 3.05) is 11.9 Å². The van der Waals surface area contributed by atoms with Gasteiger partial charge in [0, 0.05) is 28.4 Å². The Labute approximate surface area is 201 Å². The maximum Gasteiger partial charge on any atom is 0.181 e. The zero-order chi connectivity index (χ0) is 22.9. The molecule has 8 heteroatoms. The number of aliphatic hydroxyl groups excluding tert-OH is 1. The van der Waals surface area contributed by atoms with E-state index in [0.717, 1.165) is 52.1 Å². The van der Waals surface area contributed by atoms with Crippen LogP contribution in [0.3, 0.4) is 0 Å². The maximum absolute atomic E-state index is 9.41. The Kier molecular flexibility index (Phi) is 5.52. The number of fused-ring (bicyclic) bond motifs is 2. The van der Waals surface area contributed by atoms with Gasteiger partial charge in [-0.15, -0.1) is 11.3 Å². The van der Waals surface area contributed by atoms with E-state index in [2.05, 4.69) is 45.0 Å². The zero-order valence-electron chi connectivity index (χ0n) is 18.6. The first-order valence-corrected chi connectivity index (χ1v) is 12.4. The van der Waals surface area contributed by atoms with Crippen LogP contribution in [0.25, 0.3) is 32.9 Å². The number of nitrogens with one attached hydrogen (secondary N) is 1. The summed E-state index contributed by atoms with van der Waals surface area (Å²) in [6.45, 7) is 0.605. The third-order valence-corrected chi connectivity index (χ3v) is 7.17. The van der Waals surface area contributed by atoms with Gasteiger partial charge in [0.15, 0.2) is 5.82 Å². The van der Waals surface area contributed by atoms with Crippen LogP contribution < -0.4 is 5.32 Å². The first-order valence-electron chi connectivity index (χ1n) is 11.5. The molecule has 34 heavy (non-hydrogen) atoms. The predicted molar refractivity (Wildman–Crippen MR) is 135 cm³/mol. The topological polar surface area (TPSA) is 88.8 Å². The second kappa shape index (κ2) is 8.96. The Morgan fingerprint density at radius 3 is 2.79 bits per heavy atom. The fourth-order valence-electron chi connectivity index (χ4n) is 4.71. The van der Waals surface area contributed by atoms with Gasteiger partial charge in [-0.25, -0.2) is 9.97 Å². The summed E-state index contributed by atoms with van der Waals surface area (Å²) in [5.74, 6) is 1.43. The van der Waals surface area contributed by atoms with Crippen molar-refractivity contribution < 1.29 is 5.11 Å². The summed E-state index contributed by atoms with van der Waals surface area (Å²) < 4.78 is 1.93. The Hall–Kier alpha value is -3.62. The summed E-state index contributed by atoms with van der Waals surface area (Å²) in [5, 5.41) is 20.9. The molecule has 5 aromatic rings.